The molecule has 0 aliphatic carbocycles. The first-order chi connectivity index (χ1) is 9.42. The Morgan fingerprint density at radius 2 is 2.16 bits per heavy atom. The molecular weight excluding hydrogens is 262 g/mol. The number of nitrogens with one attached hydrogen (secondary N) is 1. The van der Waals surface area contributed by atoms with E-state index in [1.165, 1.54) is 0 Å². The maximum Gasteiger partial charge on any atom is 0.138 e. The van der Waals surface area contributed by atoms with E-state index in [4.69, 9.17) is 9.47 Å². The molecule has 0 spiro atoms. The molecule has 0 saturated carbocycles. The minimum absolute atomic E-state index is 0.662. The van der Waals surface area contributed by atoms with Gasteiger partial charge < -0.3 is 14.8 Å². The minimum Gasteiger partial charge on any atom is -0.382 e. The summed E-state index contributed by atoms with van der Waals surface area (Å²) in [6, 6.07) is 2.05. The standard InChI is InChI=1S/C13H19N3O2S/c1-17-7-8-18-6-3-2-5-14-12-11-4-9-19-13(11)16-10-15-12/h4,9-10H,2-3,5-8H2,1H3,(H,14,15,16). The summed E-state index contributed by atoms with van der Waals surface area (Å²) >= 11 is 1.63. The zero-order valence-electron chi connectivity index (χ0n) is 11.1. The second-order valence-corrected chi connectivity index (χ2v) is 5.00. The largest absolute Gasteiger partial charge is 0.382 e. The molecule has 0 radical (unpaired) electrons. The van der Waals surface area contributed by atoms with E-state index >= 15 is 0 Å². The molecule has 0 aliphatic heterocycles. The molecule has 2 aromatic heterocycles. The Bertz CT molecular complexity index is 489. The van der Waals surface area contributed by atoms with Crippen molar-refractivity contribution < 1.29 is 9.47 Å². The summed E-state index contributed by atoms with van der Waals surface area (Å²) < 4.78 is 10.3. The molecule has 0 amide bonds. The lowest BCUT2D eigenvalue weighted by molar-refractivity contribution is 0.0691. The number of aromatic nitrogens is 2. The quantitative estimate of drug-likeness (QED) is 0.716. The van der Waals surface area contributed by atoms with Gasteiger partial charge in [-0.15, -0.1) is 11.3 Å². The minimum atomic E-state index is 0.662. The van der Waals surface area contributed by atoms with E-state index in [-0.39, 0.29) is 0 Å². The van der Waals surface area contributed by atoms with Crippen molar-refractivity contribution in [3.63, 3.8) is 0 Å². The number of hydrogen-bond acceptors (Lipinski definition) is 6. The Labute approximate surface area is 117 Å². The van der Waals surface area contributed by atoms with Crippen LogP contribution in [0, 0.1) is 0 Å². The van der Waals surface area contributed by atoms with Crippen LogP contribution in [0.5, 0.6) is 0 Å². The summed E-state index contributed by atoms with van der Waals surface area (Å²) in [4.78, 5) is 9.53. The van der Waals surface area contributed by atoms with Gasteiger partial charge in [0.1, 0.15) is 17.0 Å². The summed E-state index contributed by atoms with van der Waals surface area (Å²) in [5.74, 6) is 0.923. The second kappa shape index (κ2) is 8.04. The first-order valence-corrected chi connectivity index (χ1v) is 7.28. The number of hydrogen-bond donors (Lipinski definition) is 1. The van der Waals surface area contributed by atoms with E-state index in [0.717, 1.165) is 42.0 Å². The first kappa shape index (κ1) is 14.2. The van der Waals surface area contributed by atoms with Crippen LogP contribution in [0.4, 0.5) is 5.82 Å². The number of ether oxygens (including phenoxy) is 2. The molecule has 2 aromatic rings. The zero-order valence-corrected chi connectivity index (χ0v) is 11.9. The zero-order chi connectivity index (χ0) is 13.3. The molecule has 6 heteroatoms. The van der Waals surface area contributed by atoms with Crippen molar-refractivity contribution in [3.05, 3.63) is 17.8 Å². The highest BCUT2D eigenvalue weighted by atomic mass is 32.1. The van der Waals surface area contributed by atoms with Gasteiger partial charge in [0.05, 0.1) is 18.6 Å². The highest BCUT2D eigenvalue weighted by molar-refractivity contribution is 7.16. The predicted molar refractivity (Wildman–Crippen MR) is 77.8 cm³/mol. The molecule has 2 rings (SSSR count). The van der Waals surface area contributed by atoms with Gasteiger partial charge in [-0.2, -0.15) is 0 Å². The van der Waals surface area contributed by atoms with Crippen molar-refractivity contribution in [2.24, 2.45) is 0 Å². The Morgan fingerprint density at radius 3 is 3.05 bits per heavy atom. The number of unbranched alkanes of at least 4 members (excludes halogenated alkanes) is 1. The molecule has 0 saturated heterocycles. The lowest BCUT2D eigenvalue weighted by Crippen LogP contribution is -2.07. The van der Waals surface area contributed by atoms with Crippen LogP contribution in [0.3, 0.4) is 0 Å². The van der Waals surface area contributed by atoms with Crippen molar-refractivity contribution in [3.8, 4) is 0 Å². The molecule has 0 unspecified atom stereocenters. The van der Waals surface area contributed by atoms with Gasteiger partial charge in [0, 0.05) is 20.3 Å². The fourth-order valence-electron chi connectivity index (χ4n) is 1.71. The molecule has 0 fully saturated rings. The van der Waals surface area contributed by atoms with Crippen LogP contribution in [-0.4, -0.2) is 43.4 Å². The Hall–Kier alpha value is -1.24. The highest BCUT2D eigenvalue weighted by Crippen LogP contribution is 2.23. The first-order valence-electron chi connectivity index (χ1n) is 6.40. The molecular formula is C13H19N3O2S. The van der Waals surface area contributed by atoms with Crippen LogP contribution in [0.2, 0.25) is 0 Å². The second-order valence-electron chi connectivity index (χ2n) is 4.10. The predicted octanol–water partition coefficient (Wildman–Crippen LogP) is 2.55. The van der Waals surface area contributed by atoms with Crippen LogP contribution in [0.1, 0.15) is 12.8 Å². The Balaban J connectivity index is 1.64. The van der Waals surface area contributed by atoms with E-state index in [9.17, 15) is 0 Å². The number of nitrogens with zero attached hydrogens (tertiary/aromatic N) is 2. The van der Waals surface area contributed by atoms with Gasteiger partial charge in [-0.1, -0.05) is 0 Å². The van der Waals surface area contributed by atoms with Gasteiger partial charge in [0.2, 0.25) is 0 Å². The number of fused-ring (bicyclic) bond motifs is 1. The fourth-order valence-corrected chi connectivity index (χ4v) is 2.44. The molecule has 0 aliphatic rings. The molecule has 5 nitrogen and oxygen atoms in total. The SMILES string of the molecule is COCCOCCCCNc1ncnc2sccc12. The Morgan fingerprint density at radius 1 is 1.21 bits per heavy atom. The van der Waals surface area contributed by atoms with Gasteiger partial charge in [0.25, 0.3) is 0 Å². The summed E-state index contributed by atoms with van der Waals surface area (Å²) in [7, 11) is 1.68. The average molecular weight is 281 g/mol. The number of anilines is 1. The monoisotopic (exact) mass is 281 g/mol. The van der Waals surface area contributed by atoms with Crippen molar-refractivity contribution in [2.45, 2.75) is 12.8 Å². The maximum absolute atomic E-state index is 5.41. The van der Waals surface area contributed by atoms with Gasteiger partial charge in [-0.3, -0.25) is 0 Å². The lowest BCUT2D eigenvalue weighted by atomic mass is 10.3. The van der Waals surface area contributed by atoms with Gasteiger partial charge in [-0.25, -0.2) is 9.97 Å². The molecule has 0 aromatic carbocycles. The average Bonchev–Trinajstić information content (AvgIpc) is 2.91. The van der Waals surface area contributed by atoms with E-state index < -0.39 is 0 Å². The lowest BCUT2D eigenvalue weighted by Gasteiger charge is -2.06. The summed E-state index contributed by atoms with van der Waals surface area (Å²) in [5.41, 5.74) is 0. The summed E-state index contributed by atoms with van der Waals surface area (Å²) in [6.07, 6.45) is 3.70. The van der Waals surface area contributed by atoms with Crippen LogP contribution in [-0.2, 0) is 9.47 Å². The molecule has 1 N–H and O–H groups in total. The van der Waals surface area contributed by atoms with Crippen LogP contribution < -0.4 is 5.32 Å². The van der Waals surface area contributed by atoms with E-state index in [1.54, 1.807) is 24.8 Å². The summed E-state index contributed by atoms with van der Waals surface area (Å²) in [5, 5.41) is 6.49. The van der Waals surface area contributed by atoms with Crippen LogP contribution >= 0.6 is 11.3 Å². The van der Waals surface area contributed by atoms with E-state index in [2.05, 4.69) is 21.4 Å². The van der Waals surface area contributed by atoms with Crippen LogP contribution in [0.15, 0.2) is 17.8 Å². The van der Waals surface area contributed by atoms with Crippen molar-refractivity contribution in [1.82, 2.24) is 9.97 Å². The van der Waals surface area contributed by atoms with Gasteiger partial charge in [-0.05, 0) is 24.3 Å². The van der Waals surface area contributed by atoms with Gasteiger partial charge >= 0.3 is 0 Å². The number of methoxy groups -OCH3 is 1. The smallest absolute Gasteiger partial charge is 0.138 e. The third kappa shape index (κ3) is 4.41. The van der Waals surface area contributed by atoms with Crippen molar-refractivity contribution >= 4 is 27.4 Å². The molecule has 0 atom stereocenters. The molecule has 104 valence electrons. The third-order valence-corrected chi connectivity index (χ3v) is 3.52. The summed E-state index contributed by atoms with van der Waals surface area (Å²) in [6.45, 7) is 3.01. The van der Waals surface area contributed by atoms with Crippen molar-refractivity contribution in [2.75, 3.05) is 38.8 Å². The van der Waals surface area contributed by atoms with Crippen molar-refractivity contribution in [1.29, 1.82) is 0 Å². The topological polar surface area (TPSA) is 56.3 Å². The number of rotatable bonds is 9. The van der Waals surface area contributed by atoms with Gasteiger partial charge in [0.15, 0.2) is 0 Å². The normalized spacial score (nSPS) is 11.0. The van der Waals surface area contributed by atoms with E-state index in [1.807, 2.05) is 5.38 Å². The molecule has 19 heavy (non-hydrogen) atoms. The molecule has 2 heterocycles. The maximum atomic E-state index is 5.41. The Kier molecular flexibility index (Phi) is 6.00. The third-order valence-electron chi connectivity index (χ3n) is 2.70. The number of thiophene rings is 1. The van der Waals surface area contributed by atoms with E-state index in [0.29, 0.717) is 13.2 Å². The highest BCUT2D eigenvalue weighted by Gasteiger charge is 2.03. The molecule has 0 bridgehead atoms. The fraction of sp³-hybridized carbons (Fsp3) is 0.538. The van der Waals surface area contributed by atoms with Crippen LogP contribution in [0.25, 0.3) is 10.2 Å².